The molecule has 3 heterocycles. The fourth-order valence-corrected chi connectivity index (χ4v) is 6.86. The van der Waals surface area contributed by atoms with Gasteiger partial charge >= 0.3 is 0 Å². The predicted molar refractivity (Wildman–Crippen MR) is 166 cm³/mol. The van der Waals surface area contributed by atoms with Crippen molar-refractivity contribution < 1.29 is 13.2 Å². The molecule has 2 N–H and O–H groups in total. The molecule has 0 spiro atoms. The molecule has 2 fully saturated rings. The summed E-state index contributed by atoms with van der Waals surface area (Å²) in [7, 11) is -3.52. The Kier molecular flexibility index (Phi) is 9.21. The summed E-state index contributed by atoms with van der Waals surface area (Å²) in [4.78, 5) is 14.2. The zero-order valence-electron chi connectivity index (χ0n) is 23.9. The van der Waals surface area contributed by atoms with Crippen LogP contribution in [0.4, 0.5) is 28.8 Å². The normalized spacial score (nSPS) is 16.8. The molecule has 220 valence electrons. The summed E-state index contributed by atoms with van der Waals surface area (Å²) < 4.78 is 31.8. The van der Waals surface area contributed by atoms with E-state index in [9.17, 15) is 8.42 Å². The lowest BCUT2D eigenvalue weighted by atomic mass is 10.0. The largest absolute Gasteiger partial charge is 0.492 e. The van der Waals surface area contributed by atoms with Crippen molar-refractivity contribution in [2.45, 2.75) is 62.6 Å². The standard InChI is InChI=1S/C30H39ClN6O3S/c1-4-40-27-19-23(37-17-13-22(14-18-37)36-15-7-8-16-36)11-12-25(27)34-30-32-20-24(31)29(35-30)33-26-9-5-6-10-28(26)41(38,39)21(2)3/h5-6,9-12,19-22H,4,7-8,13-18H2,1-3H3,(H2,32,33,34,35). The number of ether oxygens (including phenoxy) is 1. The van der Waals surface area contributed by atoms with Crippen LogP contribution in [0.5, 0.6) is 5.75 Å². The molecule has 2 saturated heterocycles. The van der Waals surface area contributed by atoms with Crippen molar-refractivity contribution in [3.8, 4) is 5.75 Å². The SMILES string of the molecule is CCOc1cc(N2CCC(N3CCCC3)CC2)ccc1Nc1ncc(Cl)c(Nc2ccccc2S(=O)(=O)C(C)C)n1. The summed E-state index contributed by atoms with van der Waals surface area (Å²) in [5.41, 5.74) is 2.28. The van der Waals surface area contributed by atoms with Crippen LogP contribution >= 0.6 is 11.6 Å². The summed E-state index contributed by atoms with van der Waals surface area (Å²) in [5.74, 6) is 1.32. The van der Waals surface area contributed by atoms with E-state index in [-0.39, 0.29) is 9.92 Å². The van der Waals surface area contributed by atoms with E-state index >= 15 is 0 Å². The number of likely N-dealkylation sites (tertiary alicyclic amines) is 1. The van der Waals surface area contributed by atoms with Crippen molar-refractivity contribution in [2.24, 2.45) is 0 Å². The second-order valence-electron chi connectivity index (χ2n) is 10.8. The molecule has 0 aliphatic carbocycles. The number of benzene rings is 2. The Labute approximate surface area is 248 Å². The Balaban J connectivity index is 1.33. The van der Waals surface area contributed by atoms with E-state index in [0.717, 1.165) is 24.5 Å². The van der Waals surface area contributed by atoms with E-state index in [2.05, 4.69) is 42.5 Å². The number of halogens is 1. The number of anilines is 5. The van der Waals surface area contributed by atoms with E-state index in [1.807, 2.05) is 13.0 Å². The lowest BCUT2D eigenvalue weighted by Crippen LogP contribution is -2.43. The maximum atomic E-state index is 12.9. The summed E-state index contributed by atoms with van der Waals surface area (Å²) in [6.07, 6.45) is 6.50. The molecule has 1 aromatic heterocycles. The monoisotopic (exact) mass is 598 g/mol. The molecule has 2 aliphatic rings. The van der Waals surface area contributed by atoms with Gasteiger partial charge in [0, 0.05) is 30.9 Å². The molecule has 2 aliphatic heterocycles. The van der Waals surface area contributed by atoms with Crippen LogP contribution in [0, 0.1) is 0 Å². The van der Waals surface area contributed by atoms with Crippen LogP contribution in [0.1, 0.15) is 46.5 Å². The van der Waals surface area contributed by atoms with Crippen LogP contribution in [0.2, 0.25) is 5.02 Å². The fraction of sp³-hybridized carbons (Fsp3) is 0.467. The van der Waals surface area contributed by atoms with Gasteiger partial charge in [-0.25, -0.2) is 13.4 Å². The molecule has 2 aromatic carbocycles. The van der Waals surface area contributed by atoms with Crippen molar-refractivity contribution in [1.29, 1.82) is 0 Å². The Morgan fingerprint density at radius 2 is 1.76 bits per heavy atom. The van der Waals surface area contributed by atoms with E-state index < -0.39 is 15.1 Å². The molecular weight excluding hydrogens is 560 g/mol. The second-order valence-corrected chi connectivity index (χ2v) is 13.7. The number of sulfone groups is 1. The van der Waals surface area contributed by atoms with Crippen LogP contribution in [0.25, 0.3) is 0 Å². The number of nitrogens with one attached hydrogen (secondary N) is 2. The van der Waals surface area contributed by atoms with Gasteiger partial charge in [-0.05, 0) is 83.8 Å². The van der Waals surface area contributed by atoms with Gasteiger partial charge in [0.25, 0.3) is 0 Å². The van der Waals surface area contributed by atoms with Gasteiger partial charge in [-0.3, -0.25) is 0 Å². The summed E-state index contributed by atoms with van der Waals surface area (Å²) in [5, 5.41) is 6.06. The number of hydrogen-bond donors (Lipinski definition) is 2. The highest BCUT2D eigenvalue weighted by Gasteiger charge is 2.27. The van der Waals surface area contributed by atoms with Gasteiger partial charge in [0.2, 0.25) is 5.95 Å². The summed E-state index contributed by atoms with van der Waals surface area (Å²) in [6.45, 7) is 10.3. The van der Waals surface area contributed by atoms with Gasteiger partial charge in [-0.1, -0.05) is 23.7 Å². The van der Waals surface area contributed by atoms with Gasteiger partial charge < -0.3 is 25.2 Å². The van der Waals surface area contributed by atoms with E-state index in [1.54, 1.807) is 38.1 Å². The van der Waals surface area contributed by atoms with Crippen LogP contribution in [0.3, 0.4) is 0 Å². The number of nitrogens with zero attached hydrogens (tertiary/aromatic N) is 4. The highest BCUT2D eigenvalue weighted by atomic mass is 35.5. The predicted octanol–water partition coefficient (Wildman–Crippen LogP) is 6.26. The number of aromatic nitrogens is 2. The maximum Gasteiger partial charge on any atom is 0.229 e. The minimum absolute atomic E-state index is 0.192. The molecule has 0 unspecified atom stereocenters. The molecule has 3 aromatic rings. The number of piperidine rings is 1. The first-order valence-corrected chi connectivity index (χ1v) is 16.3. The van der Waals surface area contributed by atoms with E-state index in [1.165, 1.54) is 45.0 Å². The molecule has 5 rings (SSSR count). The van der Waals surface area contributed by atoms with Crippen molar-refractivity contribution >= 4 is 50.3 Å². The van der Waals surface area contributed by atoms with Gasteiger partial charge in [0.1, 0.15) is 10.8 Å². The van der Waals surface area contributed by atoms with Crippen LogP contribution in [-0.2, 0) is 9.84 Å². The molecule has 0 amide bonds. The first-order valence-electron chi connectivity index (χ1n) is 14.4. The maximum absolute atomic E-state index is 12.9. The van der Waals surface area contributed by atoms with Crippen LogP contribution < -0.4 is 20.3 Å². The van der Waals surface area contributed by atoms with Crippen molar-refractivity contribution in [3.63, 3.8) is 0 Å². The zero-order valence-corrected chi connectivity index (χ0v) is 25.5. The second kappa shape index (κ2) is 12.8. The molecular formula is C30H39ClN6O3S. The van der Waals surface area contributed by atoms with E-state index in [4.69, 9.17) is 16.3 Å². The molecule has 0 radical (unpaired) electrons. The molecule has 0 bridgehead atoms. The lowest BCUT2D eigenvalue weighted by Gasteiger charge is -2.38. The average Bonchev–Trinajstić information content (AvgIpc) is 3.51. The number of para-hydroxylation sites is 1. The van der Waals surface area contributed by atoms with Crippen molar-refractivity contribution in [3.05, 3.63) is 53.7 Å². The Hall–Kier alpha value is -3.08. The van der Waals surface area contributed by atoms with Crippen LogP contribution in [0.15, 0.2) is 53.6 Å². The van der Waals surface area contributed by atoms with Crippen LogP contribution in [-0.4, -0.2) is 67.4 Å². The van der Waals surface area contributed by atoms with Gasteiger partial charge in [-0.2, -0.15) is 4.98 Å². The summed E-state index contributed by atoms with van der Waals surface area (Å²) >= 11 is 6.42. The molecule has 0 atom stereocenters. The van der Waals surface area contributed by atoms with Gasteiger partial charge in [0.05, 0.1) is 34.3 Å². The Morgan fingerprint density at radius 1 is 1.02 bits per heavy atom. The third-order valence-electron chi connectivity index (χ3n) is 7.81. The quantitative estimate of drug-likeness (QED) is 0.280. The fourth-order valence-electron chi connectivity index (χ4n) is 5.52. The minimum Gasteiger partial charge on any atom is -0.492 e. The van der Waals surface area contributed by atoms with Crippen molar-refractivity contribution in [1.82, 2.24) is 14.9 Å². The third-order valence-corrected chi connectivity index (χ3v) is 10.3. The third kappa shape index (κ3) is 6.71. The molecule has 9 nitrogen and oxygen atoms in total. The lowest BCUT2D eigenvalue weighted by molar-refractivity contribution is 0.208. The van der Waals surface area contributed by atoms with Gasteiger partial charge in [0.15, 0.2) is 15.7 Å². The van der Waals surface area contributed by atoms with Crippen molar-refractivity contribution in [2.75, 3.05) is 48.3 Å². The molecule has 41 heavy (non-hydrogen) atoms. The number of hydrogen-bond acceptors (Lipinski definition) is 9. The topological polar surface area (TPSA) is 99.7 Å². The zero-order chi connectivity index (χ0) is 29.0. The Morgan fingerprint density at radius 3 is 2.46 bits per heavy atom. The highest BCUT2D eigenvalue weighted by Crippen LogP contribution is 2.35. The summed E-state index contributed by atoms with van der Waals surface area (Å²) in [6, 6.07) is 13.6. The minimum atomic E-state index is -3.52. The number of rotatable bonds is 10. The Bertz CT molecular complexity index is 1450. The average molecular weight is 599 g/mol. The first kappa shape index (κ1) is 29.4. The smallest absolute Gasteiger partial charge is 0.229 e. The van der Waals surface area contributed by atoms with E-state index in [0.29, 0.717) is 35.9 Å². The first-order chi connectivity index (χ1) is 19.8. The van der Waals surface area contributed by atoms with Gasteiger partial charge in [-0.15, -0.1) is 0 Å². The molecule has 0 saturated carbocycles. The highest BCUT2D eigenvalue weighted by molar-refractivity contribution is 7.92. The molecule has 11 heteroatoms.